The van der Waals surface area contributed by atoms with Crippen molar-refractivity contribution >= 4 is 17.5 Å². The summed E-state index contributed by atoms with van der Waals surface area (Å²) in [5.74, 6) is -1.42. The first-order valence-electron chi connectivity index (χ1n) is 8.09. The standard InChI is InChI=1S/C20H16FN3O3/c21-17-4-2-1-3-14(17)11-24-12-15(7-10-18(24)25)20(27)23-16-8-5-13(6-9-16)19(22)26/h1-10,12H,11H2,(H2,22,26)(H,23,27). The smallest absolute Gasteiger partial charge is 0.257 e. The molecule has 1 heterocycles. The number of halogens is 1. The number of benzene rings is 2. The topological polar surface area (TPSA) is 94.2 Å². The second-order valence-corrected chi connectivity index (χ2v) is 5.87. The van der Waals surface area contributed by atoms with Crippen molar-refractivity contribution in [3.63, 3.8) is 0 Å². The number of pyridine rings is 1. The zero-order chi connectivity index (χ0) is 19.4. The Morgan fingerprint density at radius 1 is 0.963 bits per heavy atom. The Morgan fingerprint density at radius 2 is 1.63 bits per heavy atom. The molecule has 0 saturated carbocycles. The maximum absolute atomic E-state index is 13.8. The van der Waals surface area contributed by atoms with Crippen LogP contribution in [0.1, 0.15) is 26.3 Å². The van der Waals surface area contributed by atoms with Crippen molar-refractivity contribution in [2.45, 2.75) is 6.54 Å². The first-order valence-corrected chi connectivity index (χ1v) is 8.09. The second kappa shape index (κ2) is 7.65. The molecule has 136 valence electrons. The summed E-state index contributed by atoms with van der Waals surface area (Å²) in [5.41, 5.74) is 6.21. The van der Waals surface area contributed by atoms with E-state index in [2.05, 4.69) is 5.32 Å². The van der Waals surface area contributed by atoms with E-state index in [-0.39, 0.29) is 17.7 Å². The third-order valence-electron chi connectivity index (χ3n) is 3.97. The molecule has 3 rings (SSSR count). The van der Waals surface area contributed by atoms with Crippen LogP contribution in [-0.2, 0) is 6.54 Å². The Hall–Kier alpha value is -3.74. The highest BCUT2D eigenvalue weighted by molar-refractivity contribution is 6.04. The van der Waals surface area contributed by atoms with Gasteiger partial charge in [-0.3, -0.25) is 14.4 Å². The van der Waals surface area contributed by atoms with Crippen molar-refractivity contribution < 1.29 is 14.0 Å². The summed E-state index contributed by atoms with van der Waals surface area (Å²) in [6, 6.07) is 14.9. The van der Waals surface area contributed by atoms with Gasteiger partial charge in [0.05, 0.1) is 12.1 Å². The van der Waals surface area contributed by atoms with Crippen molar-refractivity contribution in [3.05, 3.63) is 99.7 Å². The first kappa shape index (κ1) is 18.1. The zero-order valence-corrected chi connectivity index (χ0v) is 14.2. The van der Waals surface area contributed by atoms with Crippen LogP contribution in [0.25, 0.3) is 0 Å². The number of nitrogens with one attached hydrogen (secondary N) is 1. The minimum atomic E-state index is -0.562. The Morgan fingerprint density at radius 3 is 2.30 bits per heavy atom. The van der Waals surface area contributed by atoms with Gasteiger partial charge in [0.2, 0.25) is 5.91 Å². The van der Waals surface area contributed by atoms with Crippen molar-refractivity contribution in [1.82, 2.24) is 4.57 Å². The first-order chi connectivity index (χ1) is 12.9. The van der Waals surface area contributed by atoms with Crippen LogP contribution in [-0.4, -0.2) is 16.4 Å². The van der Waals surface area contributed by atoms with Gasteiger partial charge >= 0.3 is 0 Å². The van der Waals surface area contributed by atoms with Gasteiger partial charge in [-0.25, -0.2) is 4.39 Å². The maximum Gasteiger partial charge on any atom is 0.257 e. The summed E-state index contributed by atoms with van der Waals surface area (Å²) in [7, 11) is 0. The molecule has 1 aromatic heterocycles. The van der Waals surface area contributed by atoms with Gasteiger partial charge in [-0.15, -0.1) is 0 Å². The number of primary amides is 1. The Bertz CT molecular complexity index is 1060. The fourth-order valence-corrected chi connectivity index (χ4v) is 2.52. The summed E-state index contributed by atoms with van der Waals surface area (Å²) in [6.07, 6.45) is 1.38. The summed E-state index contributed by atoms with van der Waals surface area (Å²) in [5, 5.41) is 2.67. The summed E-state index contributed by atoms with van der Waals surface area (Å²) in [4.78, 5) is 35.5. The quantitative estimate of drug-likeness (QED) is 0.727. The molecule has 27 heavy (non-hydrogen) atoms. The number of anilines is 1. The number of hydrogen-bond acceptors (Lipinski definition) is 3. The van der Waals surface area contributed by atoms with Gasteiger partial charge in [-0.2, -0.15) is 0 Å². The molecule has 0 aliphatic rings. The van der Waals surface area contributed by atoms with Gasteiger partial charge in [0.1, 0.15) is 5.82 Å². The van der Waals surface area contributed by atoms with E-state index in [0.29, 0.717) is 16.8 Å². The van der Waals surface area contributed by atoms with Crippen LogP contribution in [0.5, 0.6) is 0 Å². The highest BCUT2D eigenvalue weighted by Gasteiger charge is 2.10. The zero-order valence-electron chi connectivity index (χ0n) is 14.2. The molecular weight excluding hydrogens is 349 g/mol. The van der Waals surface area contributed by atoms with E-state index in [9.17, 15) is 18.8 Å². The lowest BCUT2D eigenvalue weighted by Crippen LogP contribution is -2.23. The number of carbonyl (C=O) groups excluding carboxylic acids is 2. The van der Waals surface area contributed by atoms with E-state index in [1.807, 2.05) is 0 Å². The normalized spacial score (nSPS) is 10.4. The highest BCUT2D eigenvalue weighted by atomic mass is 19.1. The van der Waals surface area contributed by atoms with Gasteiger partial charge in [-0.05, 0) is 36.4 Å². The van der Waals surface area contributed by atoms with Crippen LogP contribution in [0.4, 0.5) is 10.1 Å². The minimum Gasteiger partial charge on any atom is -0.366 e. The molecule has 2 amide bonds. The van der Waals surface area contributed by atoms with Gasteiger partial charge < -0.3 is 15.6 Å². The predicted octanol–water partition coefficient (Wildman–Crippen LogP) is 2.39. The Kier molecular flexibility index (Phi) is 5.12. The molecule has 3 aromatic rings. The number of nitrogens with zero attached hydrogens (tertiary/aromatic N) is 1. The molecule has 0 aliphatic carbocycles. The third-order valence-corrected chi connectivity index (χ3v) is 3.97. The summed E-state index contributed by atoms with van der Waals surface area (Å²) < 4.78 is 15.1. The number of nitrogens with two attached hydrogens (primary N) is 1. The molecule has 0 spiro atoms. The number of amides is 2. The van der Waals surface area contributed by atoms with E-state index in [0.717, 1.165) is 0 Å². The monoisotopic (exact) mass is 365 g/mol. The van der Waals surface area contributed by atoms with Crippen molar-refractivity contribution in [2.75, 3.05) is 5.32 Å². The SMILES string of the molecule is NC(=O)c1ccc(NC(=O)c2ccc(=O)n(Cc3ccccc3F)c2)cc1. The van der Waals surface area contributed by atoms with Crippen molar-refractivity contribution in [2.24, 2.45) is 5.73 Å². The molecule has 2 aromatic carbocycles. The fourth-order valence-electron chi connectivity index (χ4n) is 2.52. The summed E-state index contributed by atoms with van der Waals surface area (Å²) >= 11 is 0. The van der Waals surface area contributed by atoms with Crippen LogP contribution >= 0.6 is 0 Å². The number of rotatable bonds is 5. The van der Waals surface area contributed by atoms with Crippen molar-refractivity contribution in [1.29, 1.82) is 0 Å². The summed E-state index contributed by atoms with van der Waals surface area (Å²) in [6.45, 7) is 0.0138. The lowest BCUT2D eigenvalue weighted by molar-refractivity contribution is 0.0998. The van der Waals surface area contributed by atoms with Crippen LogP contribution in [0.2, 0.25) is 0 Å². The number of hydrogen-bond donors (Lipinski definition) is 2. The van der Waals surface area contributed by atoms with Gasteiger partial charge in [0.15, 0.2) is 0 Å². The highest BCUT2D eigenvalue weighted by Crippen LogP contribution is 2.12. The van der Waals surface area contributed by atoms with Crippen molar-refractivity contribution in [3.8, 4) is 0 Å². The minimum absolute atomic E-state index is 0.0138. The van der Waals surface area contributed by atoms with Crippen LogP contribution in [0.3, 0.4) is 0 Å². The van der Waals surface area contributed by atoms with Crippen LogP contribution < -0.4 is 16.6 Å². The molecular formula is C20H16FN3O3. The van der Waals surface area contributed by atoms with Gasteiger partial charge in [0.25, 0.3) is 11.5 Å². The predicted molar refractivity (Wildman–Crippen MR) is 99.1 cm³/mol. The second-order valence-electron chi connectivity index (χ2n) is 5.87. The molecule has 7 heteroatoms. The largest absolute Gasteiger partial charge is 0.366 e. The molecule has 0 unspecified atom stereocenters. The molecule has 0 aliphatic heterocycles. The van der Waals surface area contributed by atoms with Gasteiger partial charge in [0, 0.05) is 29.1 Å². The maximum atomic E-state index is 13.8. The average Bonchev–Trinajstić information content (AvgIpc) is 2.65. The molecule has 0 fully saturated rings. The average molecular weight is 365 g/mol. The van der Waals surface area contributed by atoms with Crippen LogP contribution in [0, 0.1) is 5.82 Å². The molecule has 0 saturated heterocycles. The molecule has 0 radical (unpaired) electrons. The molecule has 0 atom stereocenters. The van der Waals surface area contributed by atoms with E-state index in [4.69, 9.17) is 5.73 Å². The number of carbonyl (C=O) groups is 2. The third kappa shape index (κ3) is 4.27. The van der Waals surface area contributed by atoms with Gasteiger partial charge in [-0.1, -0.05) is 18.2 Å². The lowest BCUT2D eigenvalue weighted by atomic mass is 10.2. The van der Waals surface area contributed by atoms with E-state index < -0.39 is 17.6 Å². The Labute approximate surface area is 154 Å². The fraction of sp³-hybridized carbons (Fsp3) is 0.0500. The molecule has 6 nitrogen and oxygen atoms in total. The Balaban J connectivity index is 1.80. The van der Waals surface area contributed by atoms with Crippen LogP contribution in [0.15, 0.2) is 71.7 Å². The molecule has 0 bridgehead atoms. The van der Waals surface area contributed by atoms with E-state index in [1.165, 1.54) is 41.1 Å². The van der Waals surface area contributed by atoms with E-state index >= 15 is 0 Å². The molecule has 3 N–H and O–H groups in total. The lowest BCUT2D eigenvalue weighted by Gasteiger charge is -2.10. The van der Waals surface area contributed by atoms with E-state index in [1.54, 1.807) is 30.3 Å². The number of aromatic nitrogens is 1.